The number of anilines is 1. The van der Waals surface area contributed by atoms with Crippen LogP contribution in [-0.2, 0) is 32.6 Å². The van der Waals surface area contributed by atoms with Crippen molar-refractivity contribution >= 4 is 62.3 Å². The number of amides is 2. The molecule has 0 heterocycles. The van der Waals surface area contributed by atoms with Crippen LogP contribution in [0.25, 0.3) is 0 Å². The lowest BCUT2D eigenvalue weighted by Gasteiger charge is -2.34. The van der Waals surface area contributed by atoms with Crippen molar-refractivity contribution in [2.24, 2.45) is 0 Å². The van der Waals surface area contributed by atoms with Crippen molar-refractivity contribution < 1.29 is 22.7 Å². The normalized spacial score (nSPS) is 11.8. The second kappa shape index (κ2) is 15.5. The molecule has 0 aliphatic heterocycles. The molecule has 0 fully saturated rings. The van der Waals surface area contributed by atoms with Crippen molar-refractivity contribution in [3.8, 4) is 5.75 Å². The van der Waals surface area contributed by atoms with Gasteiger partial charge in [-0.3, -0.25) is 13.9 Å². The van der Waals surface area contributed by atoms with Gasteiger partial charge in [-0.25, -0.2) is 8.42 Å². The van der Waals surface area contributed by atoms with E-state index in [4.69, 9.17) is 39.5 Å². The second-order valence-corrected chi connectivity index (χ2v) is 13.2. The largest absolute Gasteiger partial charge is 0.497 e. The Balaban J connectivity index is 1.81. The molecule has 1 atom stereocenters. The minimum absolute atomic E-state index is 0.0621. The zero-order valence-corrected chi connectivity index (χ0v) is 27.7. The monoisotopic (exact) mass is 687 g/mol. The third kappa shape index (κ3) is 8.70. The van der Waals surface area contributed by atoms with Gasteiger partial charge in [0, 0.05) is 34.6 Å². The van der Waals surface area contributed by atoms with Crippen LogP contribution in [0.4, 0.5) is 5.69 Å². The Morgan fingerprint density at radius 2 is 1.56 bits per heavy atom. The van der Waals surface area contributed by atoms with Crippen molar-refractivity contribution in [1.82, 2.24) is 10.2 Å². The highest BCUT2D eigenvalue weighted by molar-refractivity contribution is 7.92. The number of carbonyl (C=O) groups excluding carboxylic acids is 2. The van der Waals surface area contributed by atoms with Crippen molar-refractivity contribution in [3.05, 3.63) is 123 Å². The molecule has 0 bridgehead atoms. The first-order valence-electron chi connectivity index (χ1n) is 14.0. The summed E-state index contributed by atoms with van der Waals surface area (Å²) in [5.74, 6) is -0.562. The Labute approximate surface area is 278 Å². The summed E-state index contributed by atoms with van der Waals surface area (Å²) in [5, 5.41) is 3.81. The quantitative estimate of drug-likeness (QED) is 0.170. The minimum atomic E-state index is -4.30. The molecule has 1 N–H and O–H groups in total. The number of halogens is 3. The molecular weight excluding hydrogens is 657 g/mol. The van der Waals surface area contributed by atoms with Gasteiger partial charge < -0.3 is 15.0 Å². The lowest BCUT2D eigenvalue weighted by Crippen LogP contribution is -2.53. The molecule has 0 aliphatic carbocycles. The maximum absolute atomic E-state index is 14.4. The van der Waals surface area contributed by atoms with Gasteiger partial charge in [0.25, 0.3) is 10.0 Å². The van der Waals surface area contributed by atoms with Gasteiger partial charge in [0.05, 0.1) is 17.7 Å². The SMILES string of the molecule is CCNC(=O)[C@H](Cc1ccccc1)N(Cc1ccc(Cl)cc1Cl)C(=O)CN(c1cccc(Cl)c1)S(=O)(=O)c1ccc(OC)cc1. The molecule has 4 aromatic carbocycles. The number of hydrogen-bond donors (Lipinski definition) is 1. The molecule has 12 heteroatoms. The molecule has 0 aliphatic rings. The summed E-state index contributed by atoms with van der Waals surface area (Å²) in [6.07, 6.45) is 0.173. The summed E-state index contributed by atoms with van der Waals surface area (Å²) >= 11 is 18.9. The highest BCUT2D eigenvalue weighted by Gasteiger charge is 2.35. The predicted molar refractivity (Wildman–Crippen MR) is 179 cm³/mol. The Bertz CT molecular complexity index is 1740. The highest BCUT2D eigenvalue weighted by atomic mass is 35.5. The Kier molecular flexibility index (Phi) is 11.7. The van der Waals surface area contributed by atoms with Gasteiger partial charge in [-0.2, -0.15) is 0 Å². The van der Waals surface area contributed by atoms with Gasteiger partial charge in [-0.05, 0) is 72.6 Å². The van der Waals surface area contributed by atoms with E-state index in [9.17, 15) is 18.0 Å². The summed E-state index contributed by atoms with van der Waals surface area (Å²) in [7, 11) is -2.82. The fourth-order valence-electron chi connectivity index (χ4n) is 4.71. The van der Waals surface area contributed by atoms with Gasteiger partial charge >= 0.3 is 0 Å². The number of nitrogens with one attached hydrogen (secondary N) is 1. The Morgan fingerprint density at radius 1 is 0.867 bits per heavy atom. The molecule has 0 saturated carbocycles. The first kappa shape index (κ1) is 34.1. The van der Waals surface area contributed by atoms with Crippen LogP contribution in [0.5, 0.6) is 5.75 Å². The molecule has 4 rings (SSSR count). The number of ether oxygens (including phenoxy) is 1. The maximum atomic E-state index is 14.4. The van der Waals surface area contributed by atoms with E-state index in [1.54, 1.807) is 43.3 Å². The van der Waals surface area contributed by atoms with Gasteiger partial charge in [0.1, 0.15) is 18.3 Å². The van der Waals surface area contributed by atoms with Crippen molar-refractivity contribution in [2.45, 2.75) is 30.8 Å². The van der Waals surface area contributed by atoms with Crippen LogP contribution >= 0.6 is 34.8 Å². The molecule has 2 amide bonds. The second-order valence-electron chi connectivity index (χ2n) is 10.0. The molecule has 0 spiro atoms. The molecule has 0 saturated heterocycles. The van der Waals surface area contributed by atoms with E-state index < -0.39 is 34.4 Å². The molecule has 45 heavy (non-hydrogen) atoms. The number of hydrogen-bond acceptors (Lipinski definition) is 5. The van der Waals surface area contributed by atoms with E-state index in [0.717, 1.165) is 9.87 Å². The van der Waals surface area contributed by atoms with Gasteiger partial charge in [-0.1, -0.05) is 77.3 Å². The van der Waals surface area contributed by atoms with E-state index in [2.05, 4.69) is 5.32 Å². The lowest BCUT2D eigenvalue weighted by atomic mass is 10.0. The van der Waals surface area contributed by atoms with Crippen LogP contribution in [0.15, 0.2) is 102 Å². The van der Waals surface area contributed by atoms with E-state index in [-0.39, 0.29) is 28.6 Å². The van der Waals surface area contributed by atoms with Crippen LogP contribution in [-0.4, -0.2) is 51.4 Å². The van der Waals surface area contributed by atoms with E-state index in [1.807, 2.05) is 30.3 Å². The molecular formula is C33H32Cl3N3O5S. The van der Waals surface area contributed by atoms with Crippen LogP contribution < -0.4 is 14.4 Å². The average Bonchev–Trinajstić information content (AvgIpc) is 3.03. The molecule has 236 valence electrons. The average molecular weight is 689 g/mol. The zero-order chi connectivity index (χ0) is 32.6. The van der Waals surface area contributed by atoms with Gasteiger partial charge in [0.15, 0.2) is 0 Å². The lowest BCUT2D eigenvalue weighted by molar-refractivity contribution is -0.140. The summed E-state index contributed by atoms with van der Waals surface area (Å²) in [5.41, 5.74) is 1.52. The zero-order valence-electron chi connectivity index (χ0n) is 24.6. The van der Waals surface area contributed by atoms with Crippen LogP contribution in [0.3, 0.4) is 0 Å². The molecule has 0 aromatic heterocycles. The van der Waals surface area contributed by atoms with Gasteiger partial charge in [0.2, 0.25) is 11.8 Å². The van der Waals surface area contributed by atoms with Gasteiger partial charge in [-0.15, -0.1) is 0 Å². The Hall–Kier alpha value is -3.76. The van der Waals surface area contributed by atoms with E-state index >= 15 is 0 Å². The number of likely N-dealkylation sites (N-methyl/N-ethyl adjacent to an activating group) is 1. The predicted octanol–water partition coefficient (Wildman–Crippen LogP) is 6.63. The number of carbonyl (C=O) groups is 2. The van der Waals surface area contributed by atoms with Crippen LogP contribution in [0.1, 0.15) is 18.1 Å². The molecule has 0 unspecified atom stereocenters. The van der Waals surface area contributed by atoms with E-state index in [1.165, 1.54) is 42.3 Å². The summed E-state index contributed by atoms with van der Waals surface area (Å²) < 4.78 is 34.4. The number of methoxy groups -OCH3 is 1. The molecule has 4 aromatic rings. The fraction of sp³-hybridized carbons (Fsp3) is 0.212. The first-order valence-corrected chi connectivity index (χ1v) is 16.6. The van der Waals surface area contributed by atoms with Crippen LogP contribution in [0.2, 0.25) is 15.1 Å². The molecule has 8 nitrogen and oxygen atoms in total. The number of rotatable bonds is 13. The van der Waals surface area contributed by atoms with Crippen molar-refractivity contribution in [3.63, 3.8) is 0 Å². The number of nitrogens with zero attached hydrogens (tertiary/aromatic N) is 2. The standard InChI is InChI=1S/C33H32Cl3N3O5S/c1-3-37-33(41)31(18-23-8-5-4-6-9-23)38(21-24-12-13-26(35)20-30(24)36)32(40)22-39(27-11-7-10-25(34)19-27)45(42,43)29-16-14-28(44-2)15-17-29/h4-17,19-20,31H,3,18,21-22H2,1-2H3,(H,37,41)/t31-/m0/s1. The summed E-state index contributed by atoms with van der Waals surface area (Å²) in [6.45, 7) is 1.39. The topological polar surface area (TPSA) is 96.0 Å². The smallest absolute Gasteiger partial charge is 0.264 e. The first-order chi connectivity index (χ1) is 21.5. The third-order valence-electron chi connectivity index (χ3n) is 7.00. The number of benzene rings is 4. The molecule has 0 radical (unpaired) electrons. The van der Waals surface area contributed by atoms with Crippen LogP contribution in [0, 0.1) is 0 Å². The van der Waals surface area contributed by atoms with Crippen molar-refractivity contribution in [2.75, 3.05) is 24.5 Å². The highest BCUT2D eigenvalue weighted by Crippen LogP contribution is 2.29. The third-order valence-corrected chi connectivity index (χ3v) is 9.61. The number of sulfonamides is 1. The minimum Gasteiger partial charge on any atom is -0.497 e. The summed E-state index contributed by atoms with van der Waals surface area (Å²) in [6, 6.07) is 25.1. The van der Waals surface area contributed by atoms with E-state index in [0.29, 0.717) is 27.9 Å². The summed E-state index contributed by atoms with van der Waals surface area (Å²) in [4.78, 5) is 29.3. The Morgan fingerprint density at radius 3 is 2.18 bits per heavy atom. The fourth-order valence-corrected chi connectivity index (χ4v) is 6.77. The van der Waals surface area contributed by atoms with Crippen molar-refractivity contribution in [1.29, 1.82) is 0 Å². The maximum Gasteiger partial charge on any atom is 0.264 e.